The predicted molar refractivity (Wildman–Crippen MR) is 83.1 cm³/mol. The molecule has 1 aromatic heterocycles. The number of carbonyl (C=O) groups excluding carboxylic acids is 2. The van der Waals surface area contributed by atoms with Crippen molar-refractivity contribution in [1.29, 1.82) is 0 Å². The van der Waals surface area contributed by atoms with Gasteiger partial charge in [-0.25, -0.2) is 4.79 Å². The second-order valence-corrected chi connectivity index (χ2v) is 5.52. The maximum absolute atomic E-state index is 12.6. The number of ketones is 2. The molecular weight excluding hydrogens is 312 g/mol. The zero-order valence-electron chi connectivity index (χ0n) is 12.1. The summed E-state index contributed by atoms with van der Waals surface area (Å²) in [6, 6.07) is 11.9. The molecule has 0 aliphatic heterocycles. The lowest BCUT2D eigenvalue weighted by Gasteiger charge is -2.19. The predicted octanol–water partition coefficient (Wildman–Crippen LogP) is 1.77. The van der Waals surface area contributed by atoms with Gasteiger partial charge in [-0.1, -0.05) is 36.4 Å². The molecule has 0 amide bonds. The summed E-state index contributed by atoms with van der Waals surface area (Å²) in [5.41, 5.74) is -4.61. The smallest absolute Gasteiger partial charge is 0.347 e. The van der Waals surface area contributed by atoms with Gasteiger partial charge in [-0.3, -0.25) is 9.59 Å². The van der Waals surface area contributed by atoms with E-state index in [2.05, 4.69) is 0 Å². The highest BCUT2D eigenvalue weighted by atomic mass is 16.4. The molecule has 0 fully saturated rings. The number of aromatic hydroxyl groups is 1. The quantitative estimate of drug-likeness (QED) is 0.522. The monoisotopic (exact) mass is 322 g/mol. The summed E-state index contributed by atoms with van der Waals surface area (Å²) in [5, 5.41) is 21.4. The van der Waals surface area contributed by atoms with Crippen LogP contribution in [-0.2, 0) is 5.60 Å². The van der Waals surface area contributed by atoms with Crippen molar-refractivity contribution in [2.45, 2.75) is 5.60 Å². The van der Waals surface area contributed by atoms with Gasteiger partial charge in [-0.15, -0.1) is 0 Å². The molecular formula is C18H10O6. The Morgan fingerprint density at radius 3 is 2.00 bits per heavy atom. The van der Waals surface area contributed by atoms with Gasteiger partial charge in [0.05, 0.1) is 5.39 Å². The summed E-state index contributed by atoms with van der Waals surface area (Å²) in [7, 11) is 0. The minimum atomic E-state index is -2.79. The Labute approximate surface area is 134 Å². The molecule has 0 bridgehead atoms. The zero-order valence-corrected chi connectivity index (χ0v) is 12.1. The highest BCUT2D eigenvalue weighted by Gasteiger charge is 2.56. The third-order valence-corrected chi connectivity index (χ3v) is 4.22. The van der Waals surface area contributed by atoms with Crippen LogP contribution in [0.15, 0.2) is 57.7 Å². The Bertz CT molecular complexity index is 1060. The number of rotatable bonds is 1. The Hall–Kier alpha value is -3.25. The van der Waals surface area contributed by atoms with Crippen LogP contribution in [0.3, 0.4) is 0 Å². The molecule has 1 aliphatic carbocycles. The average Bonchev–Trinajstić information content (AvgIpc) is 2.78. The van der Waals surface area contributed by atoms with Crippen molar-refractivity contribution in [3.8, 4) is 5.75 Å². The van der Waals surface area contributed by atoms with Gasteiger partial charge in [0.2, 0.25) is 17.2 Å². The van der Waals surface area contributed by atoms with Crippen LogP contribution in [-0.4, -0.2) is 21.8 Å². The SMILES string of the molecule is O=C1c2ccccc2C(=O)C1(O)c1c(O)c2ccccc2oc1=O. The second kappa shape index (κ2) is 4.62. The summed E-state index contributed by atoms with van der Waals surface area (Å²) in [6.07, 6.45) is 0. The summed E-state index contributed by atoms with van der Waals surface area (Å²) >= 11 is 0. The Morgan fingerprint density at radius 2 is 1.38 bits per heavy atom. The molecule has 6 heteroatoms. The number of aliphatic hydroxyl groups is 1. The fraction of sp³-hybridized carbons (Fsp3) is 0.0556. The summed E-state index contributed by atoms with van der Waals surface area (Å²) < 4.78 is 5.07. The van der Waals surface area contributed by atoms with Crippen molar-refractivity contribution in [3.05, 3.63) is 75.6 Å². The minimum absolute atomic E-state index is 0.00282. The standard InChI is InChI=1S/C18H10O6/c19-14-11-7-3-4-8-12(11)24-17(22)13(14)18(23)15(20)9-5-1-2-6-10(9)16(18)21/h1-8,19,23H. The highest BCUT2D eigenvalue weighted by Crippen LogP contribution is 2.41. The summed E-state index contributed by atoms with van der Waals surface area (Å²) in [4.78, 5) is 37.5. The van der Waals surface area contributed by atoms with E-state index in [0.29, 0.717) is 0 Å². The van der Waals surface area contributed by atoms with Gasteiger partial charge in [0.25, 0.3) is 0 Å². The van der Waals surface area contributed by atoms with E-state index in [1.165, 1.54) is 24.3 Å². The van der Waals surface area contributed by atoms with E-state index in [-0.39, 0.29) is 22.1 Å². The van der Waals surface area contributed by atoms with E-state index in [1.807, 2.05) is 0 Å². The molecule has 24 heavy (non-hydrogen) atoms. The molecule has 0 saturated carbocycles. The normalized spacial score (nSPS) is 15.7. The number of Topliss-reactive ketones (excluding diaryl/α,β-unsaturated/α-hetero) is 2. The largest absolute Gasteiger partial charge is 0.506 e. The average molecular weight is 322 g/mol. The Balaban J connectivity index is 2.07. The molecule has 118 valence electrons. The van der Waals surface area contributed by atoms with Crippen molar-refractivity contribution in [3.63, 3.8) is 0 Å². The van der Waals surface area contributed by atoms with Gasteiger partial charge >= 0.3 is 5.63 Å². The lowest BCUT2D eigenvalue weighted by molar-refractivity contribution is 0.0301. The Kier molecular flexibility index (Phi) is 2.76. The molecule has 1 heterocycles. The van der Waals surface area contributed by atoms with Crippen LogP contribution in [0.25, 0.3) is 11.0 Å². The lowest BCUT2D eigenvalue weighted by Crippen LogP contribution is -2.42. The van der Waals surface area contributed by atoms with Crippen molar-refractivity contribution in [1.82, 2.24) is 0 Å². The summed E-state index contributed by atoms with van der Waals surface area (Å²) in [5.74, 6) is -2.55. The minimum Gasteiger partial charge on any atom is -0.506 e. The van der Waals surface area contributed by atoms with Crippen LogP contribution in [0, 0.1) is 0 Å². The number of benzene rings is 2. The number of fused-ring (bicyclic) bond motifs is 2. The highest BCUT2D eigenvalue weighted by molar-refractivity contribution is 6.32. The zero-order chi connectivity index (χ0) is 17.1. The van der Waals surface area contributed by atoms with Gasteiger partial charge < -0.3 is 14.6 Å². The third-order valence-electron chi connectivity index (χ3n) is 4.22. The number of para-hydroxylation sites is 1. The van der Waals surface area contributed by atoms with Crippen LogP contribution in [0.1, 0.15) is 26.3 Å². The molecule has 3 aromatic rings. The first kappa shape index (κ1) is 14.3. The van der Waals surface area contributed by atoms with Gasteiger partial charge in [0.1, 0.15) is 16.9 Å². The fourth-order valence-corrected chi connectivity index (χ4v) is 3.05. The van der Waals surface area contributed by atoms with Crippen LogP contribution in [0.4, 0.5) is 0 Å². The maximum Gasteiger partial charge on any atom is 0.347 e. The topological polar surface area (TPSA) is 105 Å². The number of carbonyl (C=O) groups is 2. The molecule has 2 N–H and O–H groups in total. The van der Waals surface area contributed by atoms with E-state index < -0.39 is 34.1 Å². The molecule has 1 aliphatic rings. The van der Waals surface area contributed by atoms with Crippen LogP contribution in [0.2, 0.25) is 0 Å². The van der Waals surface area contributed by atoms with Crippen LogP contribution >= 0.6 is 0 Å². The molecule has 0 radical (unpaired) electrons. The van der Waals surface area contributed by atoms with Gasteiger partial charge in [0.15, 0.2) is 0 Å². The maximum atomic E-state index is 12.6. The fourth-order valence-electron chi connectivity index (χ4n) is 3.05. The third kappa shape index (κ3) is 1.60. The van der Waals surface area contributed by atoms with Gasteiger partial charge in [0, 0.05) is 11.1 Å². The first-order valence-electron chi connectivity index (χ1n) is 7.12. The van der Waals surface area contributed by atoms with E-state index >= 15 is 0 Å². The molecule has 4 rings (SSSR count). The van der Waals surface area contributed by atoms with Gasteiger partial charge in [-0.05, 0) is 12.1 Å². The van der Waals surface area contributed by atoms with Gasteiger partial charge in [-0.2, -0.15) is 0 Å². The lowest BCUT2D eigenvalue weighted by atomic mass is 9.88. The van der Waals surface area contributed by atoms with Crippen molar-refractivity contribution in [2.75, 3.05) is 0 Å². The van der Waals surface area contributed by atoms with Crippen molar-refractivity contribution >= 4 is 22.5 Å². The summed E-state index contributed by atoms with van der Waals surface area (Å²) in [6.45, 7) is 0. The van der Waals surface area contributed by atoms with E-state index in [1.54, 1.807) is 24.3 Å². The molecule has 0 saturated heterocycles. The molecule has 2 aromatic carbocycles. The Morgan fingerprint density at radius 1 is 0.833 bits per heavy atom. The van der Waals surface area contributed by atoms with E-state index in [9.17, 15) is 24.6 Å². The van der Waals surface area contributed by atoms with Crippen LogP contribution < -0.4 is 5.63 Å². The van der Waals surface area contributed by atoms with E-state index in [0.717, 1.165) is 0 Å². The number of hydrogen-bond acceptors (Lipinski definition) is 6. The molecule has 6 nitrogen and oxygen atoms in total. The second-order valence-electron chi connectivity index (χ2n) is 5.52. The molecule has 0 spiro atoms. The van der Waals surface area contributed by atoms with Crippen molar-refractivity contribution in [2.24, 2.45) is 0 Å². The number of hydrogen-bond donors (Lipinski definition) is 2. The molecule has 0 unspecified atom stereocenters. The first-order valence-corrected chi connectivity index (χ1v) is 7.12. The molecule has 0 atom stereocenters. The van der Waals surface area contributed by atoms with Crippen LogP contribution in [0.5, 0.6) is 5.75 Å². The van der Waals surface area contributed by atoms with Crippen molar-refractivity contribution < 1.29 is 24.2 Å². The first-order chi connectivity index (χ1) is 11.5. The van der Waals surface area contributed by atoms with E-state index in [4.69, 9.17) is 4.42 Å².